The molecule has 1 aromatic carbocycles. The van der Waals surface area contributed by atoms with E-state index < -0.39 is 5.91 Å². The van der Waals surface area contributed by atoms with Crippen LogP contribution in [0.25, 0.3) is 0 Å². The summed E-state index contributed by atoms with van der Waals surface area (Å²) in [7, 11) is 0. The largest absolute Gasteiger partial charge is 0.342 e. The lowest BCUT2D eigenvalue weighted by Gasteiger charge is -2.33. The van der Waals surface area contributed by atoms with E-state index in [0.29, 0.717) is 30.0 Å². The number of piperidine rings is 1. The van der Waals surface area contributed by atoms with Gasteiger partial charge < -0.3 is 10.2 Å². The van der Waals surface area contributed by atoms with Crippen LogP contribution in [0.2, 0.25) is 5.02 Å². The number of aromatic nitrogens is 3. The third kappa shape index (κ3) is 6.00. The summed E-state index contributed by atoms with van der Waals surface area (Å²) in [5.41, 5.74) is 2.37. The Morgan fingerprint density at radius 2 is 1.89 bits per heavy atom. The molecule has 0 bridgehead atoms. The SMILES string of the molecule is Cc1cc(C#Cc2ccc(F)cc2)cnc1NC(=O)c1c(Cl)cnn1CC1CCCN(C(=O)C2CC2)C1. The van der Waals surface area contributed by atoms with Crippen molar-refractivity contribution in [2.45, 2.75) is 39.2 Å². The van der Waals surface area contributed by atoms with Gasteiger partial charge in [0.25, 0.3) is 5.91 Å². The van der Waals surface area contributed by atoms with Crippen LogP contribution in [-0.2, 0) is 11.3 Å². The summed E-state index contributed by atoms with van der Waals surface area (Å²) in [5, 5.41) is 7.44. The molecule has 1 N–H and O–H groups in total. The Hall–Kier alpha value is -3.70. The highest BCUT2D eigenvalue weighted by atomic mass is 35.5. The predicted octanol–water partition coefficient (Wildman–Crippen LogP) is 4.68. The Labute approximate surface area is 220 Å². The number of nitrogens with one attached hydrogen (secondary N) is 1. The Kier molecular flexibility index (Phi) is 7.24. The second-order valence-electron chi connectivity index (χ2n) is 9.69. The molecule has 1 saturated heterocycles. The van der Waals surface area contributed by atoms with Crippen molar-refractivity contribution < 1.29 is 14.0 Å². The van der Waals surface area contributed by atoms with E-state index in [4.69, 9.17) is 11.6 Å². The molecule has 5 rings (SSSR count). The second kappa shape index (κ2) is 10.7. The van der Waals surface area contributed by atoms with Gasteiger partial charge in [0.1, 0.15) is 17.3 Å². The number of benzene rings is 1. The molecule has 1 atom stereocenters. The number of carbonyl (C=O) groups excluding carboxylic acids is 2. The van der Waals surface area contributed by atoms with Crippen molar-refractivity contribution in [2.75, 3.05) is 18.4 Å². The third-order valence-electron chi connectivity index (χ3n) is 6.70. The molecule has 1 aliphatic heterocycles. The van der Waals surface area contributed by atoms with Crippen molar-refractivity contribution in [3.8, 4) is 11.8 Å². The van der Waals surface area contributed by atoms with Gasteiger partial charge in [-0.25, -0.2) is 9.37 Å². The lowest BCUT2D eigenvalue weighted by molar-refractivity contribution is -0.134. The van der Waals surface area contributed by atoms with Gasteiger partial charge in [0.15, 0.2) is 0 Å². The molecule has 2 aromatic heterocycles. The number of nitrogens with zero attached hydrogens (tertiary/aromatic N) is 4. The monoisotopic (exact) mass is 519 g/mol. The van der Waals surface area contributed by atoms with Crippen molar-refractivity contribution in [1.29, 1.82) is 0 Å². The van der Waals surface area contributed by atoms with Crippen molar-refractivity contribution in [2.24, 2.45) is 11.8 Å². The van der Waals surface area contributed by atoms with E-state index in [-0.39, 0.29) is 34.3 Å². The number of anilines is 1. The molecule has 7 nitrogen and oxygen atoms in total. The molecule has 37 heavy (non-hydrogen) atoms. The average Bonchev–Trinajstić information content (AvgIpc) is 3.68. The van der Waals surface area contributed by atoms with Gasteiger partial charge in [0.2, 0.25) is 5.91 Å². The first-order chi connectivity index (χ1) is 17.9. The van der Waals surface area contributed by atoms with Gasteiger partial charge in [-0.3, -0.25) is 14.3 Å². The van der Waals surface area contributed by atoms with E-state index in [9.17, 15) is 14.0 Å². The highest BCUT2D eigenvalue weighted by Crippen LogP contribution is 2.33. The number of pyridine rings is 1. The molecule has 2 aliphatic rings. The number of carbonyl (C=O) groups is 2. The van der Waals surface area contributed by atoms with Crippen molar-refractivity contribution >= 4 is 29.2 Å². The van der Waals surface area contributed by atoms with Crippen LogP contribution in [0.5, 0.6) is 0 Å². The predicted molar refractivity (Wildman–Crippen MR) is 139 cm³/mol. The molecule has 0 radical (unpaired) electrons. The Morgan fingerprint density at radius 1 is 1.14 bits per heavy atom. The lowest BCUT2D eigenvalue weighted by Crippen LogP contribution is -2.42. The zero-order chi connectivity index (χ0) is 25.9. The fraction of sp³-hybridized carbons (Fsp3) is 0.357. The van der Waals surface area contributed by atoms with Gasteiger partial charge in [-0.15, -0.1) is 0 Å². The summed E-state index contributed by atoms with van der Waals surface area (Å²) in [6.45, 7) is 3.82. The van der Waals surface area contributed by atoms with Gasteiger partial charge in [0, 0.05) is 42.9 Å². The highest BCUT2D eigenvalue weighted by Gasteiger charge is 2.35. The molecule has 1 aliphatic carbocycles. The van der Waals surface area contributed by atoms with Gasteiger partial charge >= 0.3 is 0 Å². The molecular weight excluding hydrogens is 493 g/mol. The zero-order valence-electron chi connectivity index (χ0n) is 20.5. The molecule has 3 aromatic rings. The first kappa shape index (κ1) is 25.0. The van der Waals surface area contributed by atoms with Gasteiger partial charge in [-0.1, -0.05) is 23.4 Å². The standard InChI is InChI=1S/C28H27ClFN5O2/c1-18-13-20(5-4-19-6-10-23(30)11-7-19)14-31-26(18)33-27(36)25-24(29)15-32-35(25)17-21-3-2-12-34(16-21)28(37)22-8-9-22/h6-7,10-11,13-15,21-22H,2-3,8-9,12,16-17H2,1H3,(H,31,33,36). The van der Waals surface area contributed by atoms with E-state index in [1.807, 2.05) is 17.9 Å². The normalized spacial score (nSPS) is 17.2. The third-order valence-corrected chi connectivity index (χ3v) is 6.98. The minimum Gasteiger partial charge on any atom is -0.342 e. The second-order valence-corrected chi connectivity index (χ2v) is 10.1. The molecule has 1 saturated carbocycles. The van der Waals surface area contributed by atoms with Gasteiger partial charge in [-0.05, 0) is 74.4 Å². The number of hydrogen-bond donors (Lipinski definition) is 1. The summed E-state index contributed by atoms with van der Waals surface area (Å²) in [6.07, 6.45) is 6.95. The summed E-state index contributed by atoms with van der Waals surface area (Å²) in [6, 6.07) is 7.77. The lowest BCUT2D eigenvalue weighted by atomic mass is 9.97. The van der Waals surface area contributed by atoms with Crippen LogP contribution in [0.4, 0.5) is 10.2 Å². The number of rotatable bonds is 5. The number of amides is 2. The van der Waals surface area contributed by atoms with Gasteiger partial charge in [0.05, 0.1) is 11.2 Å². The smallest absolute Gasteiger partial charge is 0.276 e. The van der Waals surface area contributed by atoms with E-state index in [1.165, 1.54) is 18.3 Å². The first-order valence-electron chi connectivity index (χ1n) is 12.4. The van der Waals surface area contributed by atoms with Gasteiger partial charge in [-0.2, -0.15) is 5.10 Å². The zero-order valence-corrected chi connectivity index (χ0v) is 21.3. The van der Waals surface area contributed by atoms with E-state index >= 15 is 0 Å². The fourth-order valence-corrected chi connectivity index (χ4v) is 4.82. The maximum atomic E-state index is 13.2. The van der Waals surface area contributed by atoms with E-state index in [2.05, 4.69) is 27.2 Å². The van der Waals surface area contributed by atoms with Crippen LogP contribution >= 0.6 is 11.6 Å². The minimum absolute atomic E-state index is 0.204. The van der Waals surface area contributed by atoms with E-state index in [0.717, 1.165) is 37.8 Å². The van der Waals surface area contributed by atoms with Crippen LogP contribution in [0, 0.1) is 36.4 Å². The Morgan fingerprint density at radius 3 is 2.62 bits per heavy atom. The van der Waals surface area contributed by atoms with Crippen LogP contribution < -0.4 is 5.32 Å². The molecular formula is C28H27ClFN5O2. The summed E-state index contributed by atoms with van der Waals surface area (Å²) >= 11 is 6.36. The fourth-order valence-electron chi connectivity index (χ4n) is 4.59. The molecule has 1 unspecified atom stereocenters. The Balaban J connectivity index is 1.26. The number of halogens is 2. The quantitative estimate of drug-likeness (QED) is 0.496. The van der Waals surface area contributed by atoms with Crippen LogP contribution in [-0.4, -0.2) is 44.6 Å². The van der Waals surface area contributed by atoms with Crippen LogP contribution in [0.1, 0.15) is 52.9 Å². The van der Waals surface area contributed by atoms with Crippen molar-refractivity contribution in [3.05, 3.63) is 75.9 Å². The number of hydrogen-bond acceptors (Lipinski definition) is 4. The minimum atomic E-state index is -0.398. The highest BCUT2D eigenvalue weighted by molar-refractivity contribution is 6.34. The van der Waals surface area contributed by atoms with Crippen molar-refractivity contribution in [1.82, 2.24) is 19.7 Å². The number of likely N-dealkylation sites (tertiary alicyclic amines) is 1. The molecule has 3 heterocycles. The molecule has 0 spiro atoms. The molecule has 2 fully saturated rings. The Bertz CT molecular complexity index is 1390. The molecule has 190 valence electrons. The molecule has 2 amide bonds. The maximum Gasteiger partial charge on any atom is 0.276 e. The molecule has 9 heteroatoms. The average molecular weight is 520 g/mol. The summed E-state index contributed by atoms with van der Waals surface area (Å²) < 4.78 is 14.7. The van der Waals surface area contributed by atoms with E-state index in [1.54, 1.807) is 23.0 Å². The first-order valence-corrected chi connectivity index (χ1v) is 12.8. The van der Waals surface area contributed by atoms with Crippen molar-refractivity contribution in [3.63, 3.8) is 0 Å². The summed E-state index contributed by atoms with van der Waals surface area (Å²) in [4.78, 5) is 32.0. The topological polar surface area (TPSA) is 80.1 Å². The van der Waals surface area contributed by atoms with Crippen LogP contribution in [0.15, 0.2) is 42.7 Å². The number of aryl methyl sites for hydroxylation is 1. The maximum absolute atomic E-state index is 13.2. The van der Waals surface area contributed by atoms with Crippen LogP contribution in [0.3, 0.4) is 0 Å². The summed E-state index contributed by atoms with van der Waals surface area (Å²) in [5.74, 6) is 6.34.